The van der Waals surface area contributed by atoms with E-state index in [1.165, 1.54) is 26.1 Å². The summed E-state index contributed by atoms with van der Waals surface area (Å²) < 4.78 is 27.1. The van der Waals surface area contributed by atoms with Gasteiger partial charge in [-0.1, -0.05) is 13.8 Å². The van der Waals surface area contributed by atoms with E-state index in [1.54, 1.807) is 23.7 Å². The van der Waals surface area contributed by atoms with Gasteiger partial charge in [0.15, 0.2) is 0 Å². The van der Waals surface area contributed by atoms with Crippen LogP contribution in [0.15, 0.2) is 22.7 Å². The topological polar surface area (TPSA) is 75.2 Å². The summed E-state index contributed by atoms with van der Waals surface area (Å²) in [6.45, 7) is 9.32. The van der Waals surface area contributed by atoms with Crippen LogP contribution in [0.2, 0.25) is 0 Å². The van der Waals surface area contributed by atoms with Gasteiger partial charge in [-0.15, -0.1) is 22.7 Å². The zero-order chi connectivity index (χ0) is 18.9. The van der Waals surface area contributed by atoms with Crippen molar-refractivity contribution in [1.82, 2.24) is 14.3 Å². The Morgan fingerprint density at radius 1 is 1.12 bits per heavy atom. The minimum absolute atomic E-state index is 0.383. The number of anilines is 1. The van der Waals surface area contributed by atoms with Crippen molar-refractivity contribution in [3.05, 3.63) is 33.8 Å². The molecule has 0 bridgehead atoms. The average molecular weight is 411 g/mol. The van der Waals surface area contributed by atoms with E-state index in [0.29, 0.717) is 23.8 Å². The summed E-state index contributed by atoms with van der Waals surface area (Å²) in [6.07, 6.45) is 1.56. The normalized spacial score (nSPS) is 12.2. The molecule has 0 saturated carbocycles. The Balaban J connectivity index is 1.81. The fraction of sp³-hybridized carbons (Fsp3) is 0.412. The summed E-state index contributed by atoms with van der Waals surface area (Å²) in [5, 5.41) is 4.38. The molecule has 1 N–H and O–H groups in total. The molecule has 26 heavy (non-hydrogen) atoms. The van der Waals surface area contributed by atoms with E-state index in [9.17, 15) is 8.42 Å². The summed E-state index contributed by atoms with van der Waals surface area (Å²) in [5.74, 6) is 0.790. The van der Waals surface area contributed by atoms with Gasteiger partial charge in [-0.2, -0.15) is 4.31 Å². The monoisotopic (exact) mass is 410 g/mol. The molecule has 0 spiro atoms. The fourth-order valence-corrected chi connectivity index (χ4v) is 6.67. The van der Waals surface area contributed by atoms with Gasteiger partial charge in [0.05, 0.1) is 11.9 Å². The van der Waals surface area contributed by atoms with Crippen LogP contribution in [0.3, 0.4) is 0 Å². The number of thiophene rings is 2. The largest absolute Gasteiger partial charge is 0.365 e. The highest BCUT2D eigenvalue weighted by Crippen LogP contribution is 2.33. The van der Waals surface area contributed by atoms with Crippen LogP contribution in [-0.2, 0) is 16.6 Å². The molecule has 9 heteroatoms. The van der Waals surface area contributed by atoms with E-state index < -0.39 is 10.0 Å². The second kappa shape index (κ2) is 7.59. The predicted octanol–water partition coefficient (Wildman–Crippen LogP) is 4.01. The Bertz CT molecular complexity index is 1020. The van der Waals surface area contributed by atoms with Gasteiger partial charge >= 0.3 is 0 Å². The first kappa shape index (κ1) is 19.2. The molecule has 3 aromatic rings. The Hall–Kier alpha value is -1.55. The quantitative estimate of drug-likeness (QED) is 0.637. The number of nitrogens with zero attached hydrogens (tertiary/aromatic N) is 3. The average Bonchev–Trinajstić information content (AvgIpc) is 3.20. The van der Waals surface area contributed by atoms with Gasteiger partial charge in [-0.05, 0) is 31.5 Å². The second-order valence-corrected chi connectivity index (χ2v) is 10.4. The van der Waals surface area contributed by atoms with Crippen molar-refractivity contribution in [2.24, 2.45) is 0 Å². The number of hydrogen-bond donors (Lipinski definition) is 1. The highest BCUT2D eigenvalue weighted by atomic mass is 32.2. The molecule has 0 aliphatic heterocycles. The van der Waals surface area contributed by atoms with Crippen LogP contribution >= 0.6 is 22.7 Å². The summed E-state index contributed by atoms with van der Waals surface area (Å²) in [5.41, 5.74) is 1.18. The Kier molecular flexibility index (Phi) is 5.61. The van der Waals surface area contributed by atoms with E-state index in [0.717, 1.165) is 20.9 Å². The molecular weight excluding hydrogens is 388 g/mol. The van der Waals surface area contributed by atoms with Crippen LogP contribution in [0.1, 0.15) is 29.2 Å². The third-order valence-electron chi connectivity index (χ3n) is 4.33. The Morgan fingerprint density at radius 2 is 1.85 bits per heavy atom. The lowest BCUT2D eigenvalue weighted by molar-refractivity contribution is 0.447. The van der Waals surface area contributed by atoms with Gasteiger partial charge in [-0.3, -0.25) is 0 Å². The van der Waals surface area contributed by atoms with Crippen LogP contribution in [0, 0.1) is 13.8 Å². The van der Waals surface area contributed by atoms with Crippen LogP contribution in [0.5, 0.6) is 0 Å². The first-order valence-electron chi connectivity index (χ1n) is 8.41. The smallest absolute Gasteiger partial charge is 0.252 e. The van der Waals surface area contributed by atoms with Gasteiger partial charge in [0.2, 0.25) is 0 Å². The van der Waals surface area contributed by atoms with Crippen LogP contribution in [0.25, 0.3) is 10.2 Å². The van der Waals surface area contributed by atoms with E-state index in [4.69, 9.17) is 0 Å². The number of sulfonamides is 1. The van der Waals surface area contributed by atoms with Gasteiger partial charge < -0.3 is 5.32 Å². The standard InChI is InChI=1S/C17H22N4O2S3/c1-5-21(6-2)26(22,23)14-8-7-13(25-14)9-18-16-15-11(3)12(4)24-17(15)20-10-19-16/h7-8,10H,5-6,9H2,1-4H3,(H,18,19,20). The molecule has 0 radical (unpaired) electrons. The van der Waals surface area contributed by atoms with E-state index >= 15 is 0 Å². The third kappa shape index (κ3) is 3.48. The third-order valence-corrected chi connectivity index (χ3v) is 9.05. The zero-order valence-corrected chi connectivity index (χ0v) is 17.7. The molecule has 0 aliphatic carbocycles. The molecule has 140 valence electrons. The number of fused-ring (bicyclic) bond motifs is 1. The van der Waals surface area contributed by atoms with E-state index in [1.807, 2.05) is 19.9 Å². The van der Waals surface area contributed by atoms with E-state index in [2.05, 4.69) is 29.1 Å². The number of hydrogen-bond acceptors (Lipinski definition) is 7. The van der Waals surface area contributed by atoms with Gasteiger partial charge in [0.25, 0.3) is 10.0 Å². The highest BCUT2D eigenvalue weighted by Gasteiger charge is 2.23. The minimum Gasteiger partial charge on any atom is -0.365 e. The maximum atomic E-state index is 12.6. The molecule has 6 nitrogen and oxygen atoms in total. The molecule has 0 unspecified atom stereocenters. The summed E-state index contributed by atoms with van der Waals surface area (Å²) in [7, 11) is -3.40. The molecule has 0 saturated heterocycles. The first-order valence-corrected chi connectivity index (χ1v) is 11.5. The minimum atomic E-state index is -3.40. The molecule has 0 amide bonds. The first-order chi connectivity index (χ1) is 12.4. The summed E-state index contributed by atoms with van der Waals surface area (Å²) in [4.78, 5) is 11.9. The van der Waals surface area contributed by atoms with E-state index in [-0.39, 0.29) is 0 Å². The number of aryl methyl sites for hydroxylation is 2. The Morgan fingerprint density at radius 3 is 2.54 bits per heavy atom. The second-order valence-electron chi connectivity index (χ2n) is 5.85. The molecular formula is C17H22N4O2S3. The molecule has 0 aliphatic rings. The van der Waals surface area contributed by atoms with Crippen molar-refractivity contribution >= 4 is 48.7 Å². The van der Waals surface area contributed by atoms with Crippen molar-refractivity contribution < 1.29 is 8.42 Å². The van der Waals surface area contributed by atoms with Crippen molar-refractivity contribution in [2.75, 3.05) is 18.4 Å². The lowest BCUT2D eigenvalue weighted by Gasteiger charge is -2.16. The molecule has 0 atom stereocenters. The number of nitrogens with one attached hydrogen (secondary N) is 1. The molecule has 0 aromatic carbocycles. The van der Waals surface area contributed by atoms with Crippen LogP contribution in [-0.4, -0.2) is 35.8 Å². The molecule has 0 fully saturated rings. The predicted molar refractivity (Wildman–Crippen MR) is 109 cm³/mol. The Labute approximate surface area is 162 Å². The van der Waals surface area contributed by atoms with Crippen LogP contribution in [0.4, 0.5) is 5.82 Å². The molecule has 3 heterocycles. The van der Waals surface area contributed by atoms with Gasteiger partial charge in [0, 0.05) is 22.8 Å². The van der Waals surface area contributed by atoms with Gasteiger partial charge in [-0.25, -0.2) is 18.4 Å². The number of rotatable bonds is 7. The summed E-state index contributed by atoms with van der Waals surface area (Å²) in [6, 6.07) is 3.54. The van der Waals surface area contributed by atoms with Crippen molar-refractivity contribution in [3.8, 4) is 0 Å². The highest BCUT2D eigenvalue weighted by molar-refractivity contribution is 7.91. The summed E-state index contributed by atoms with van der Waals surface area (Å²) >= 11 is 2.96. The SMILES string of the molecule is CCN(CC)S(=O)(=O)c1ccc(CNc2ncnc3sc(C)c(C)c23)s1. The maximum Gasteiger partial charge on any atom is 0.252 e. The lowest BCUT2D eigenvalue weighted by atomic mass is 10.2. The molecule has 3 aromatic heterocycles. The van der Waals surface area contributed by atoms with Gasteiger partial charge in [0.1, 0.15) is 21.2 Å². The van der Waals surface area contributed by atoms with Crippen molar-refractivity contribution in [1.29, 1.82) is 0 Å². The number of aromatic nitrogens is 2. The van der Waals surface area contributed by atoms with Crippen molar-refractivity contribution in [2.45, 2.75) is 38.4 Å². The van der Waals surface area contributed by atoms with Crippen LogP contribution < -0.4 is 5.32 Å². The van der Waals surface area contributed by atoms with Crippen molar-refractivity contribution in [3.63, 3.8) is 0 Å². The maximum absolute atomic E-state index is 12.6. The fourth-order valence-electron chi connectivity index (χ4n) is 2.77. The molecule has 3 rings (SSSR count). The zero-order valence-electron chi connectivity index (χ0n) is 15.2. The lowest BCUT2D eigenvalue weighted by Crippen LogP contribution is -2.29.